The van der Waals surface area contributed by atoms with Gasteiger partial charge in [0.25, 0.3) is 5.91 Å². The molecule has 7 heteroatoms. The zero-order chi connectivity index (χ0) is 15.4. The van der Waals surface area contributed by atoms with Gasteiger partial charge in [0.05, 0.1) is 13.7 Å². The Balaban J connectivity index is 2.22. The van der Waals surface area contributed by atoms with E-state index in [-0.39, 0.29) is 13.1 Å². The Morgan fingerprint density at radius 3 is 2.48 bits per heavy atom. The quantitative estimate of drug-likeness (QED) is 0.801. The monoisotopic (exact) mass is 292 g/mol. The van der Waals surface area contributed by atoms with E-state index in [2.05, 4.69) is 5.32 Å². The first kappa shape index (κ1) is 14.8. The third-order valence-electron chi connectivity index (χ3n) is 2.95. The highest BCUT2D eigenvalue weighted by Crippen LogP contribution is 2.28. The number of methoxy groups -OCH3 is 1. The fourth-order valence-corrected chi connectivity index (χ4v) is 2.04. The molecule has 1 N–H and O–H groups in total. The molecule has 1 fully saturated rings. The summed E-state index contributed by atoms with van der Waals surface area (Å²) in [5.74, 6) is -0.422. The average molecular weight is 292 g/mol. The van der Waals surface area contributed by atoms with Crippen LogP contribution in [0.3, 0.4) is 0 Å². The maximum atomic E-state index is 12.3. The number of piperazine rings is 1. The van der Waals surface area contributed by atoms with Crippen LogP contribution < -0.4 is 14.8 Å². The maximum absolute atomic E-state index is 12.3. The Morgan fingerprint density at radius 1 is 1.24 bits per heavy atom. The standard InChI is InChI=1S/C14H16N2O5/c1-3-21-10-5-4-9(6-11(10)20-2)14(19)16-7-12(17)15-13(18)8-16/h4-6H,3,7-8H2,1-2H3,(H,15,17,18). The van der Waals surface area contributed by atoms with Crippen molar-refractivity contribution < 1.29 is 23.9 Å². The molecule has 0 atom stereocenters. The van der Waals surface area contributed by atoms with Gasteiger partial charge in [0.1, 0.15) is 13.1 Å². The van der Waals surface area contributed by atoms with E-state index in [1.54, 1.807) is 12.1 Å². The summed E-state index contributed by atoms with van der Waals surface area (Å²) in [5, 5.41) is 2.15. The van der Waals surface area contributed by atoms with Crippen LogP contribution >= 0.6 is 0 Å². The number of amides is 3. The van der Waals surface area contributed by atoms with E-state index < -0.39 is 17.7 Å². The first-order chi connectivity index (χ1) is 10.0. The molecule has 3 amide bonds. The number of carbonyl (C=O) groups excluding carboxylic acids is 3. The Labute approximate surface area is 121 Å². The molecule has 0 saturated carbocycles. The van der Waals surface area contributed by atoms with Crippen LogP contribution in [-0.2, 0) is 9.59 Å². The van der Waals surface area contributed by atoms with Gasteiger partial charge in [-0.15, -0.1) is 0 Å². The lowest BCUT2D eigenvalue weighted by molar-refractivity contribution is -0.135. The second-order valence-electron chi connectivity index (χ2n) is 4.43. The van der Waals surface area contributed by atoms with Gasteiger partial charge in [0.2, 0.25) is 11.8 Å². The third kappa shape index (κ3) is 3.31. The van der Waals surface area contributed by atoms with Gasteiger partial charge in [-0.1, -0.05) is 0 Å². The van der Waals surface area contributed by atoms with Crippen LogP contribution in [0, 0.1) is 0 Å². The first-order valence-corrected chi connectivity index (χ1v) is 6.48. The van der Waals surface area contributed by atoms with Crippen molar-refractivity contribution in [2.45, 2.75) is 6.92 Å². The fourth-order valence-electron chi connectivity index (χ4n) is 2.04. The predicted molar refractivity (Wildman–Crippen MR) is 73.2 cm³/mol. The van der Waals surface area contributed by atoms with Gasteiger partial charge in [-0.3, -0.25) is 19.7 Å². The predicted octanol–water partition coefficient (Wildman–Crippen LogP) is 0.192. The molecule has 1 heterocycles. The molecule has 0 unspecified atom stereocenters. The molecular weight excluding hydrogens is 276 g/mol. The van der Waals surface area contributed by atoms with E-state index in [0.717, 1.165) is 0 Å². The summed E-state index contributed by atoms with van der Waals surface area (Å²) in [6.45, 7) is 2.04. The molecule has 0 spiro atoms. The van der Waals surface area contributed by atoms with Gasteiger partial charge in [-0.25, -0.2) is 0 Å². The van der Waals surface area contributed by atoms with Crippen LogP contribution in [0.15, 0.2) is 18.2 Å². The number of carbonyl (C=O) groups is 3. The number of benzene rings is 1. The van der Waals surface area contributed by atoms with Crippen LogP contribution in [0.2, 0.25) is 0 Å². The number of nitrogens with zero attached hydrogens (tertiary/aromatic N) is 1. The summed E-state index contributed by atoms with van der Waals surface area (Å²) >= 11 is 0. The molecule has 1 saturated heterocycles. The van der Waals surface area contributed by atoms with Gasteiger partial charge >= 0.3 is 0 Å². The highest BCUT2D eigenvalue weighted by molar-refractivity contribution is 6.05. The van der Waals surface area contributed by atoms with Gasteiger partial charge in [-0.2, -0.15) is 0 Å². The molecule has 112 valence electrons. The highest BCUT2D eigenvalue weighted by atomic mass is 16.5. The topological polar surface area (TPSA) is 84.9 Å². The van der Waals surface area contributed by atoms with Gasteiger partial charge < -0.3 is 14.4 Å². The molecule has 7 nitrogen and oxygen atoms in total. The van der Waals surface area contributed by atoms with Crippen LogP contribution in [0.1, 0.15) is 17.3 Å². The first-order valence-electron chi connectivity index (χ1n) is 6.48. The molecule has 2 rings (SSSR count). The van der Waals surface area contributed by atoms with Crippen LogP contribution in [0.4, 0.5) is 0 Å². The van der Waals surface area contributed by atoms with Gasteiger partial charge in [-0.05, 0) is 25.1 Å². The maximum Gasteiger partial charge on any atom is 0.254 e. The average Bonchev–Trinajstić information content (AvgIpc) is 2.46. The summed E-state index contributed by atoms with van der Waals surface area (Å²) in [5.41, 5.74) is 0.331. The van der Waals surface area contributed by atoms with E-state index in [1.165, 1.54) is 18.1 Å². The van der Waals surface area contributed by atoms with E-state index in [0.29, 0.717) is 23.7 Å². The molecule has 0 aliphatic carbocycles. The lowest BCUT2D eigenvalue weighted by Crippen LogP contribution is -2.53. The van der Waals surface area contributed by atoms with E-state index in [9.17, 15) is 14.4 Å². The third-order valence-corrected chi connectivity index (χ3v) is 2.95. The van der Waals surface area contributed by atoms with Crippen molar-refractivity contribution in [3.63, 3.8) is 0 Å². The molecule has 1 aliphatic heterocycles. The molecule has 0 radical (unpaired) electrons. The van der Waals surface area contributed by atoms with E-state index >= 15 is 0 Å². The summed E-state index contributed by atoms with van der Waals surface area (Å²) < 4.78 is 10.6. The Hall–Kier alpha value is -2.57. The molecule has 21 heavy (non-hydrogen) atoms. The Bertz CT molecular complexity index is 569. The zero-order valence-electron chi connectivity index (χ0n) is 11.8. The van der Waals surface area contributed by atoms with E-state index in [4.69, 9.17) is 9.47 Å². The minimum Gasteiger partial charge on any atom is -0.493 e. The Kier molecular flexibility index (Phi) is 4.42. The van der Waals surface area contributed by atoms with E-state index in [1.807, 2.05) is 6.92 Å². The minimum atomic E-state index is -0.488. The molecular formula is C14H16N2O5. The fraction of sp³-hybridized carbons (Fsp3) is 0.357. The van der Waals surface area contributed by atoms with Crippen LogP contribution in [0.5, 0.6) is 11.5 Å². The number of rotatable bonds is 4. The second-order valence-corrected chi connectivity index (χ2v) is 4.43. The summed E-state index contributed by atoms with van der Waals surface area (Å²) in [6, 6.07) is 4.73. The lowest BCUT2D eigenvalue weighted by atomic mass is 10.1. The van der Waals surface area contributed by atoms with Crippen molar-refractivity contribution in [2.24, 2.45) is 0 Å². The van der Waals surface area contributed by atoms with Crippen molar-refractivity contribution in [1.29, 1.82) is 0 Å². The number of imide groups is 1. The Morgan fingerprint density at radius 2 is 1.90 bits per heavy atom. The highest BCUT2D eigenvalue weighted by Gasteiger charge is 2.27. The summed E-state index contributed by atoms with van der Waals surface area (Å²) in [7, 11) is 1.48. The minimum absolute atomic E-state index is 0.139. The normalized spacial score (nSPS) is 14.7. The van der Waals surface area contributed by atoms with Crippen molar-refractivity contribution in [3.05, 3.63) is 23.8 Å². The molecule has 0 bridgehead atoms. The molecule has 0 aromatic heterocycles. The number of hydrogen-bond acceptors (Lipinski definition) is 5. The smallest absolute Gasteiger partial charge is 0.254 e. The SMILES string of the molecule is CCOc1ccc(C(=O)N2CC(=O)NC(=O)C2)cc1OC. The molecule has 1 aliphatic rings. The van der Waals surface area contributed by atoms with Crippen molar-refractivity contribution in [2.75, 3.05) is 26.8 Å². The van der Waals surface area contributed by atoms with Crippen molar-refractivity contribution in [1.82, 2.24) is 10.2 Å². The zero-order valence-corrected chi connectivity index (χ0v) is 11.8. The number of hydrogen-bond donors (Lipinski definition) is 1. The lowest BCUT2D eigenvalue weighted by Gasteiger charge is -2.25. The van der Waals surface area contributed by atoms with Crippen molar-refractivity contribution in [3.8, 4) is 11.5 Å². The second kappa shape index (κ2) is 6.25. The van der Waals surface area contributed by atoms with Crippen LogP contribution in [-0.4, -0.2) is 49.4 Å². The molecule has 1 aromatic rings. The summed E-state index contributed by atoms with van der Waals surface area (Å²) in [6.07, 6.45) is 0. The van der Waals surface area contributed by atoms with Crippen molar-refractivity contribution >= 4 is 17.7 Å². The number of nitrogens with one attached hydrogen (secondary N) is 1. The largest absolute Gasteiger partial charge is 0.493 e. The van der Waals surface area contributed by atoms with Gasteiger partial charge in [0.15, 0.2) is 11.5 Å². The van der Waals surface area contributed by atoms with Crippen LogP contribution in [0.25, 0.3) is 0 Å². The summed E-state index contributed by atoms with van der Waals surface area (Å²) in [4.78, 5) is 36.1. The van der Waals surface area contributed by atoms with Gasteiger partial charge in [0, 0.05) is 5.56 Å². The number of ether oxygens (including phenoxy) is 2. The molecule has 1 aromatic carbocycles.